The molecule has 0 bridgehead atoms. The van der Waals surface area contributed by atoms with Crippen LogP contribution in [0, 0.1) is 33.0 Å². The molecule has 0 heteroatoms. The summed E-state index contributed by atoms with van der Waals surface area (Å²) in [4.78, 5) is 0. The average Bonchev–Trinajstić information content (AvgIpc) is 2.59. The summed E-state index contributed by atoms with van der Waals surface area (Å²) in [5, 5.41) is 0. The minimum atomic E-state index is 0.394. The van der Waals surface area contributed by atoms with E-state index in [0.717, 1.165) is 5.92 Å². The van der Waals surface area contributed by atoms with Crippen molar-refractivity contribution in [3.8, 4) is 0 Å². The van der Waals surface area contributed by atoms with Crippen molar-refractivity contribution in [2.75, 3.05) is 0 Å². The number of hydrogen-bond donors (Lipinski definition) is 0. The SMILES string of the molecule is CCC(C(C)(C)CC)C(C)(C)C1(C)CCCCCC(C)(C(C)(C)C)CCCCC1. The van der Waals surface area contributed by atoms with E-state index >= 15 is 0 Å². The van der Waals surface area contributed by atoms with E-state index in [-0.39, 0.29) is 0 Å². The second kappa shape index (κ2) is 10.1. The van der Waals surface area contributed by atoms with Gasteiger partial charge in [0.25, 0.3) is 0 Å². The molecule has 1 atom stereocenters. The summed E-state index contributed by atoms with van der Waals surface area (Å²) in [6.07, 6.45) is 16.8. The van der Waals surface area contributed by atoms with Gasteiger partial charge in [0, 0.05) is 0 Å². The lowest BCUT2D eigenvalue weighted by Gasteiger charge is -2.55. The van der Waals surface area contributed by atoms with Crippen LogP contribution in [0.3, 0.4) is 0 Å². The highest BCUT2D eigenvalue weighted by atomic mass is 14.5. The van der Waals surface area contributed by atoms with Crippen molar-refractivity contribution in [1.29, 1.82) is 0 Å². The summed E-state index contributed by atoms with van der Waals surface area (Å²) in [5.74, 6) is 0.794. The Labute approximate surface area is 186 Å². The van der Waals surface area contributed by atoms with Crippen LogP contribution in [0.5, 0.6) is 0 Å². The van der Waals surface area contributed by atoms with Crippen LogP contribution in [-0.2, 0) is 0 Å². The maximum absolute atomic E-state index is 2.66. The molecule has 1 rings (SSSR count). The zero-order valence-corrected chi connectivity index (χ0v) is 22.6. The van der Waals surface area contributed by atoms with Gasteiger partial charge in [-0.2, -0.15) is 0 Å². The molecule has 1 aliphatic rings. The Bertz CT molecular complexity index is 459. The van der Waals surface area contributed by atoms with Crippen molar-refractivity contribution in [3.05, 3.63) is 0 Å². The molecule has 174 valence electrons. The first kappa shape index (κ1) is 27.0. The third-order valence-electron chi connectivity index (χ3n) is 10.4. The summed E-state index contributed by atoms with van der Waals surface area (Å²) in [7, 11) is 0. The van der Waals surface area contributed by atoms with Crippen LogP contribution in [0.25, 0.3) is 0 Å². The molecular formula is C29H58. The van der Waals surface area contributed by atoms with E-state index in [0.29, 0.717) is 27.1 Å². The van der Waals surface area contributed by atoms with Crippen LogP contribution in [0.2, 0.25) is 0 Å². The van der Waals surface area contributed by atoms with Crippen LogP contribution in [0.1, 0.15) is 153 Å². The lowest BCUT2D eigenvalue weighted by molar-refractivity contribution is -0.0526. The van der Waals surface area contributed by atoms with Crippen molar-refractivity contribution in [1.82, 2.24) is 0 Å². The summed E-state index contributed by atoms with van der Waals surface area (Å²) in [6, 6.07) is 0. The number of hydrogen-bond acceptors (Lipinski definition) is 0. The minimum absolute atomic E-state index is 0.394. The maximum Gasteiger partial charge on any atom is -0.0267 e. The zero-order chi connectivity index (χ0) is 22.6. The van der Waals surface area contributed by atoms with E-state index in [2.05, 4.69) is 76.2 Å². The molecule has 0 nitrogen and oxygen atoms in total. The van der Waals surface area contributed by atoms with Gasteiger partial charge in [-0.25, -0.2) is 0 Å². The van der Waals surface area contributed by atoms with E-state index in [9.17, 15) is 0 Å². The predicted octanol–water partition coefficient (Wildman–Crippen LogP) is 10.4. The summed E-state index contributed by atoms with van der Waals surface area (Å²) in [5.41, 5.74) is 2.22. The first-order chi connectivity index (χ1) is 13.2. The quantitative estimate of drug-likeness (QED) is 0.426. The molecule has 1 saturated carbocycles. The fraction of sp³-hybridized carbons (Fsp3) is 1.00. The second-order valence-electron chi connectivity index (χ2n) is 13.5. The van der Waals surface area contributed by atoms with E-state index < -0.39 is 0 Å². The third-order valence-corrected chi connectivity index (χ3v) is 10.4. The van der Waals surface area contributed by atoms with Gasteiger partial charge >= 0.3 is 0 Å². The maximum atomic E-state index is 2.66. The summed E-state index contributed by atoms with van der Waals surface area (Å²) < 4.78 is 0. The van der Waals surface area contributed by atoms with E-state index in [1.165, 1.54) is 77.0 Å². The lowest BCUT2D eigenvalue weighted by Crippen LogP contribution is -2.46. The van der Waals surface area contributed by atoms with E-state index in [1.807, 2.05) is 0 Å². The molecule has 1 fully saturated rings. The molecule has 0 amide bonds. The van der Waals surface area contributed by atoms with Gasteiger partial charge in [0.2, 0.25) is 0 Å². The van der Waals surface area contributed by atoms with Crippen LogP contribution >= 0.6 is 0 Å². The highest BCUT2D eigenvalue weighted by molar-refractivity contribution is 4.98. The van der Waals surface area contributed by atoms with Gasteiger partial charge in [-0.1, -0.05) is 128 Å². The molecule has 0 aromatic heterocycles. The highest BCUT2D eigenvalue weighted by Crippen LogP contribution is 2.57. The Balaban J connectivity index is 3.00. The van der Waals surface area contributed by atoms with Gasteiger partial charge in [0.1, 0.15) is 0 Å². The fourth-order valence-corrected chi connectivity index (χ4v) is 6.77. The van der Waals surface area contributed by atoms with Crippen molar-refractivity contribution >= 4 is 0 Å². The Morgan fingerprint density at radius 3 is 1.31 bits per heavy atom. The van der Waals surface area contributed by atoms with Gasteiger partial charge in [-0.3, -0.25) is 0 Å². The van der Waals surface area contributed by atoms with Crippen molar-refractivity contribution in [3.63, 3.8) is 0 Å². The molecule has 0 spiro atoms. The normalized spacial score (nSPS) is 30.3. The molecule has 0 aromatic rings. The van der Waals surface area contributed by atoms with Crippen molar-refractivity contribution < 1.29 is 0 Å². The van der Waals surface area contributed by atoms with E-state index in [1.54, 1.807) is 0 Å². The van der Waals surface area contributed by atoms with Gasteiger partial charge in [-0.05, 0) is 58.7 Å². The fourth-order valence-electron chi connectivity index (χ4n) is 6.77. The van der Waals surface area contributed by atoms with E-state index in [4.69, 9.17) is 0 Å². The Morgan fingerprint density at radius 2 is 1.00 bits per heavy atom. The van der Waals surface area contributed by atoms with Crippen LogP contribution in [0.15, 0.2) is 0 Å². The molecule has 0 saturated heterocycles. The third kappa shape index (κ3) is 6.26. The monoisotopic (exact) mass is 406 g/mol. The van der Waals surface area contributed by atoms with Gasteiger partial charge in [0.15, 0.2) is 0 Å². The van der Waals surface area contributed by atoms with Crippen LogP contribution in [0.4, 0.5) is 0 Å². The topological polar surface area (TPSA) is 0 Å². The Kier molecular flexibility index (Phi) is 9.40. The first-order valence-corrected chi connectivity index (χ1v) is 13.2. The molecule has 0 aromatic carbocycles. The van der Waals surface area contributed by atoms with Crippen molar-refractivity contribution in [2.24, 2.45) is 33.0 Å². The second-order valence-corrected chi connectivity index (χ2v) is 13.5. The van der Waals surface area contributed by atoms with Gasteiger partial charge < -0.3 is 0 Å². The lowest BCUT2D eigenvalue weighted by atomic mass is 9.50. The van der Waals surface area contributed by atoms with Crippen molar-refractivity contribution in [2.45, 2.75) is 153 Å². The van der Waals surface area contributed by atoms with Gasteiger partial charge in [0.05, 0.1) is 0 Å². The smallest absolute Gasteiger partial charge is 0.0267 e. The number of rotatable bonds is 5. The molecular weight excluding hydrogens is 348 g/mol. The molecule has 0 radical (unpaired) electrons. The predicted molar refractivity (Wildman–Crippen MR) is 133 cm³/mol. The molecule has 0 N–H and O–H groups in total. The molecule has 1 aliphatic carbocycles. The van der Waals surface area contributed by atoms with Gasteiger partial charge in [-0.15, -0.1) is 0 Å². The summed E-state index contributed by atoms with van der Waals surface area (Å²) >= 11 is 0. The largest absolute Gasteiger partial charge is 0.0651 e. The van der Waals surface area contributed by atoms with Crippen LogP contribution in [-0.4, -0.2) is 0 Å². The molecule has 0 heterocycles. The summed E-state index contributed by atoms with van der Waals surface area (Å²) in [6.45, 7) is 27.8. The molecule has 1 unspecified atom stereocenters. The Hall–Kier alpha value is 0. The standard InChI is InChI=1S/C29H58/c1-12-24(26(6,7)13-2)27(8,9)29(11)22-18-14-16-20-28(10,25(3,4)5)21-17-15-19-23-29/h24H,12-23H2,1-11H3. The minimum Gasteiger partial charge on any atom is -0.0651 e. The Morgan fingerprint density at radius 1 is 0.621 bits per heavy atom. The molecule has 0 aliphatic heterocycles. The highest BCUT2D eigenvalue weighted by Gasteiger charge is 2.49. The van der Waals surface area contributed by atoms with Crippen LogP contribution < -0.4 is 0 Å². The zero-order valence-electron chi connectivity index (χ0n) is 22.6. The molecule has 29 heavy (non-hydrogen) atoms. The first-order valence-electron chi connectivity index (χ1n) is 13.2. The average molecular weight is 407 g/mol.